The summed E-state index contributed by atoms with van der Waals surface area (Å²) in [7, 11) is 0. The minimum absolute atomic E-state index is 0.0493. The number of benzene rings is 1. The lowest BCUT2D eigenvalue weighted by molar-refractivity contribution is -0.122. The van der Waals surface area contributed by atoms with E-state index in [1.165, 1.54) is 4.90 Å². The Morgan fingerprint density at radius 2 is 1.48 bits per heavy atom. The van der Waals surface area contributed by atoms with E-state index >= 15 is 0 Å². The van der Waals surface area contributed by atoms with E-state index in [9.17, 15) is 14.4 Å². The van der Waals surface area contributed by atoms with Crippen LogP contribution in [0.15, 0.2) is 36.4 Å². The zero-order chi connectivity index (χ0) is 17.4. The summed E-state index contributed by atoms with van der Waals surface area (Å²) in [5, 5.41) is 0. The monoisotopic (exact) mass is 340 g/mol. The highest BCUT2D eigenvalue weighted by Crippen LogP contribution is 2.37. The van der Waals surface area contributed by atoms with Gasteiger partial charge in [0.15, 0.2) is 0 Å². The number of rotatable bonds is 2. The fourth-order valence-electron chi connectivity index (χ4n) is 3.76. The van der Waals surface area contributed by atoms with Gasteiger partial charge in [0.2, 0.25) is 11.8 Å². The van der Waals surface area contributed by atoms with Crippen LogP contribution in [0.3, 0.4) is 0 Å². The highest BCUT2D eigenvalue weighted by atomic mass is 16.5. The average Bonchev–Trinajstić information content (AvgIpc) is 2.93. The number of allylic oxidation sites excluding steroid dienone is 2. The Kier molecular flexibility index (Phi) is 4.13. The smallest absolute Gasteiger partial charge is 0.254 e. The van der Waals surface area contributed by atoms with Gasteiger partial charge in [0.05, 0.1) is 30.7 Å². The van der Waals surface area contributed by atoms with E-state index in [-0.39, 0.29) is 29.6 Å². The molecule has 2 aliphatic heterocycles. The van der Waals surface area contributed by atoms with Gasteiger partial charge in [0.1, 0.15) is 0 Å². The molecule has 0 N–H and O–H groups in total. The molecular formula is C19H20N2O4. The van der Waals surface area contributed by atoms with E-state index in [1.54, 1.807) is 29.2 Å². The molecule has 130 valence electrons. The number of carbonyl (C=O) groups is 3. The summed E-state index contributed by atoms with van der Waals surface area (Å²) in [5.74, 6) is -0.802. The quantitative estimate of drug-likeness (QED) is 0.606. The molecule has 3 amide bonds. The molecule has 4 rings (SSSR count). The minimum Gasteiger partial charge on any atom is -0.378 e. The van der Waals surface area contributed by atoms with Crippen molar-refractivity contribution in [3.63, 3.8) is 0 Å². The zero-order valence-electron chi connectivity index (χ0n) is 13.9. The van der Waals surface area contributed by atoms with Crippen molar-refractivity contribution >= 4 is 23.4 Å². The maximum atomic E-state index is 12.6. The molecule has 25 heavy (non-hydrogen) atoms. The van der Waals surface area contributed by atoms with E-state index in [0.29, 0.717) is 50.4 Å². The summed E-state index contributed by atoms with van der Waals surface area (Å²) in [6.45, 7) is 2.27. The second-order valence-corrected chi connectivity index (χ2v) is 6.62. The molecule has 2 fully saturated rings. The molecule has 2 heterocycles. The summed E-state index contributed by atoms with van der Waals surface area (Å²) in [5.41, 5.74) is 1.10. The molecule has 1 aliphatic carbocycles. The number of morpholine rings is 1. The molecular weight excluding hydrogens is 320 g/mol. The lowest BCUT2D eigenvalue weighted by Crippen LogP contribution is -2.40. The van der Waals surface area contributed by atoms with Crippen LogP contribution < -0.4 is 4.90 Å². The van der Waals surface area contributed by atoms with E-state index in [0.717, 1.165) is 0 Å². The second kappa shape index (κ2) is 6.44. The summed E-state index contributed by atoms with van der Waals surface area (Å²) in [6.07, 6.45) is 5.19. The van der Waals surface area contributed by atoms with Crippen LogP contribution in [0.4, 0.5) is 5.69 Å². The van der Waals surface area contributed by atoms with Gasteiger partial charge in [-0.15, -0.1) is 0 Å². The maximum Gasteiger partial charge on any atom is 0.254 e. The van der Waals surface area contributed by atoms with Gasteiger partial charge in [-0.05, 0) is 37.1 Å². The molecule has 0 radical (unpaired) electrons. The number of imide groups is 1. The molecule has 3 aliphatic rings. The molecule has 2 saturated heterocycles. The summed E-state index contributed by atoms with van der Waals surface area (Å²) in [6, 6.07) is 6.75. The van der Waals surface area contributed by atoms with E-state index in [4.69, 9.17) is 4.74 Å². The van der Waals surface area contributed by atoms with Crippen molar-refractivity contribution in [1.82, 2.24) is 4.90 Å². The molecule has 2 atom stereocenters. The highest BCUT2D eigenvalue weighted by Gasteiger charge is 2.47. The van der Waals surface area contributed by atoms with Gasteiger partial charge in [0.25, 0.3) is 5.91 Å². The first-order valence-corrected chi connectivity index (χ1v) is 8.66. The Bertz CT molecular complexity index is 708. The van der Waals surface area contributed by atoms with Gasteiger partial charge in [-0.2, -0.15) is 0 Å². The topological polar surface area (TPSA) is 66.9 Å². The Hall–Kier alpha value is -2.47. The largest absolute Gasteiger partial charge is 0.378 e. The van der Waals surface area contributed by atoms with Crippen LogP contribution in [-0.4, -0.2) is 48.9 Å². The van der Waals surface area contributed by atoms with Crippen molar-refractivity contribution in [3.8, 4) is 0 Å². The number of fused-ring (bicyclic) bond motifs is 1. The van der Waals surface area contributed by atoms with E-state index in [2.05, 4.69) is 0 Å². The average molecular weight is 340 g/mol. The number of nitrogens with zero attached hydrogens (tertiary/aromatic N) is 2. The van der Waals surface area contributed by atoms with Crippen LogP contribution in [0.25, 0.3) is 0 Å². The second-order valence-electron chi connectivity index (χ2n) is 6.62. The number of anilines is 1. The van der Waals surface area contributed by atoms with Gasteiger partial charge in [-0.3, -0.25) is 19.3 Å². The first kappa shape index (κ1) is 16.0. The van der Waals surface area contributed by atoms with Crippen LogP contribution in [-0.2, 0) is 14.3 Å². The predicted octanol–water partition coefficient (Wildman–Crippen LogP) is 1.61. The number of ether oxygens (including phenoxy) is 1. The number of hydrogen-bond acceptors (Lipinski definition) is 4. The van der Waals surface area contributed by atoms with Crippen LogP contribution in [0, 0.1) is 11.8 Å². The molecule has 0 aromatic heterocycles. The highest BCUT2D eigenvalue weighted by molar-refractivity contribution is 6.22. The van der Waals surface area contributed by atoms with Gasteiger partial charge in [-0.1, -0.05) is 12.2 Å². The third kappa shape index (κ3) is 2.76. The predicted molar refractivity (Wildman–Crippen MR) is 91.0 cm³/mol. The van der Waals surface area contributed by atoms with Crippen molar-refractivity contribution in [3.05, 3.63) is 42.0 Å². The van der Waals surface area contributed by atoms with Gasteiger partial charge >= 0.3 is 0 Å². The third-order valence-electron chi connectivity index (χ3n) is 5.18. The minimum atomic E-state index is -0.243. The Morgan fingerprint density at radius 3 is 2.04 bits per heavy atom. The summed E-state index contributed by atoms with van der Waals surface area (Å²) >= 11 is 0. The molecule has 6 heteroatoms. The molecule has 0 spiro atoms. The van der Waals surface area contributed by atoms with E-state index < -0.39 is 0 Å². The fraction of sp³-hybridized carbons (Fsp3) is 0.421. The fourth-order valence-corrected chi connectivity index (χ4v) is 3.76. The van der Waals surface area contributed by atoms with Crippen molar-refractivity contribution in [2.75, 3.05) is 31.2 Å². The number of amides is 3. The van der Waals surface area contributed by atoms with Crippen molar-refractivity contribution in [1.29, 1.82) is 0 Å². The number of carbonyl (C=O) groups excluding carboxylic acids is 3. The summed E-state index contributed by atoms with van der Waals surface area (Å²) in [4.78, 5) is 40.7. The Morgan fingerprint density at radius 1 is 0.920 bits per heavy atom. The molecule has 1 aromatic rings. The zero-order valence-corrected chi connectivity index (χ0v) is 13.9. The molecule has 1 aromatic carbocycles. The standard InChI is InChI=1S/C19H20N2O4/c22-17(20-9-11-25-12-10-20)13-5-7-14(8-6-13)21-18(23)15-3-1-2-4-16(15)19(21)24/h1-2,5-8,15-16H,3-4,9-12H2. The first-order valence-electron chi connectivity index (χ1n) is 8.66. The van der Waals surface area contributed by atoms with Crippen molar-refractivity contribution in [2.45, 2.75) is 12.8 Å². The van der Waals surface area contributed by atoms with Crippen LogP contribution in [0.2, 0.25) is 0 Å². The normalized spacial score (nSPS) is 26.1. The van der Waals surface area contributed by atoms with E-state index in [1.807, 2.05) is 12.2 Å². The third-order valence-corrected chi connectivity index (χ3v) is 5.18. The molecule has 2 unspecified atom stereocenters. The van der Waals surface area contributed by atoms with Crippen molar-refractivity contribution < 1.29 is 19.1 Å². The van der Waals surface area contributed by atoms with Gasteiger partial charge < -0.3 is 9.64 Å². The number of hydrogen-bond donors (Lipinski definition) is 0. The first-order chi connectivity index (χ1) is 12.2. The lowest BCUT2D eigenvalue weighted by atomic mass is 9.85. The molecule has 0 bridgehead atoms. The Balaban J connectivity index is 1.53. The van der Waals surface area contributed by atoms with Crippen LogP contribution in [0.5, 0.6) is 0 Å². The Labute approximate surface area is 146 Å². The van der Waals surface area contributed by atoms with Crippen molar-refractivity contribution in [2.24, 2.45) is 11.8 Å². The van der Waals surface area contributed by atoms with Gasteiger partial charge in [-0.25, -0.2) is 0 Å². The summed E-state index contributed by atoms with van der Waals surface area (Å²) < 4.78 is 5.26. The SMILES string of the molecule is O=C(c1ccc(N2C(=O)C3CC=CCC3C2=O)cc1)N1CCOCC1. The van der Waals surface area contributed by atoms with Gasteiger partial charge in [0, 0.05) is 18.7 Å². The maximum absolute atomic E-state index is 12.6. The molecule has 6 nitrogen and oxygen atoms in total. The lowest BCUT2D eigenvalue weighted by Gasteiger charge is -2.27. The molecule has 0 saturated carbocycles. The van der Waals surface area contributed by atoms with Crippen LogP contribution >= 0.6 is 0 Å². The van der Waals surface area contributed by atoms with Crippen LogP contribution in [0.1, 0.15) is 23.2 Å².